The van der Waals surface area contributed by atoms with Gasteiger partial charge in [-0.05, 0) is 24.8 Å². The number of aliphatic imine (C=N–C) groups is 1. The van der Waals surface area contributed by atoms with Crippen molar-refractivity contribution in [2.24, 2.45) is 16.8 Å². The first-order chi connectivity index (χ1) is 12.8. The smallest absolute Gasteiger partial charge is 0.379 e. The molecule has 0 aliphatic carbocycles. The second-order valence-corrected chi connectivity index (χ2v) is 7.80. The third-order valence-electron chi connectivity index (χ3n) is 5.32. The molecule has 0 amide bonds. The van der Waals surface area contributed by atoms with E-state index >= 15 is 0 Å². The third kappa shape index (κ3) is 9.00. The Kier molecular flexibility index (Phi) is 11.4. The molecule has 2 aliphatic rings. The fraction of sp³-hybridized carbons (Fsp3) is 0.944. The average molecular weight is 521 g/mol. The van der Waals surface area contributed by atoms with E-state index in [2.05, 4.69) is 34.4 Å². The summed E-state index contributed by atoms with van der Waals surface area (Å²) < 4.78 is 42.9. The van der Waals surface area contributed by atoms with E-state index in [1.807, 2.05) is 0 Å². The summed E-state index contributed by atoms with van der Waals surface area (Å²) in [5, 5.41) is 6.66. The maximum Gasteiger partial charge on any atom is 0.401 e. The molecule has 2 aliphatic heterocycles. The summed E-state index contributed by atoms with van der Waals surface area (Å²) in [6.07, 6.45) is -3.34. The molecule has 2 heterocycles. The van der Waals surface area contributed by atoms with Crippen LogP contribution in [0.2, 0.25) is 0 Å². The van der Waals surface area contributed by atoms with Gasteiger partial charge in [-0.3, -0.25) is 14.8 Å². The molecule has 0 spiro atoms. The van der Waals surface area contributed by atoms with Gasteiger partial charge in [-0.2, -0.15) is 13.2 Å². The number of morpholine rings is 1. The van der Waals surface area contributed by atoms with Crippen molar-refractivity contribution in [2.45, 2.75) is 32.5 Å². The van der Waals surface area contributed by atoms with Gasteiger partial charge in [0.1, 0.15) is 0 Å². The fourth-order valence-corrected chi connectivity index (χ4v) is 3.84. The minimum atomic E-state index is -4.12. The number of halogens is 4. The zero-order chi connectivity index (χ0) is 19.9. The zero-order valence-corrected chi connectivity index (χ0v) is 19.4. The van der Waals surface area contributed by atoms with Crippen molar-refractivity contribution in [3.63, 3.8) is 0 Å². The number of hydrogen-bond acceptors (Lipinski definition) is 4. The van der Waals surface area contributed by atoms with E-state index in [0.717, 1.165) is 39.3 Å². The van der Waals surface area contributed by atoms with Crippen LogP contribution in [0.5, 0.6) is 0 Å². The molecule has 0 bridgehead atoms. The molecule has 0 aromatic heterocycles. The molecule has 2 rings (SSSR count). The van der Waals surface area contributed by atoms with Crippen LogP contribution in [-0.2, 0) is 4.74 Å². The van der Waals surface area contributed by atoms with Crippen LogP contribution in [0.1, 0.15) is 20.3 Å². The van der Waals surface area contributed by atoms with Crippen molar-refractivity contribution in [1.29, 1.82) is 0 Å². The predicted octanol–water partition coefficient (Wildman–Crippen LogP) is 2.01. The summed E-state index contributed by atoms with van der Waals surface area (Å²) in [6.45, 7) is 9.43. The Morgan fingerprint density at radius 1 is 1.18 bits per heavy atom. The van der Waals surface area contributed by atoms with Gasteiger partial charge < -0.3 is 15.4 Å². The molecular formula is C18H35F3IN5O. The van der Waals surface area contributed by atoms with E-state index in [1.54, 1.807) is 7.05 Å². The van der Waals surface area contributed by atoms with Crippen molar-refractivity contribution in [1.82, 2.24) is 20.4 Å². The van der Waals surface area contributed by atoms with E-state index < -0.39 is 12.7 Å². The molecular weight excluding hydrogens is 486 g/mol. The van der Waals surface area contributed by atoms with Crippen LogP contribution >= 0.6 is 24.0 Å². The van der Waals surface area contributed by atoms with E-state index in [-0.39, 0.29) is 29.9 Å². The molecule has 2 N–H and O–H groups in total. The van der Waals surface area contributed by atoms with Crippen LogP contribution in [0.15, 0.2) is 4.99 Å². The third-order valence-corrected chi connectivity index (χ3v) is 5.32. The van der Waals surface area contributed by atoms with Crippen LogP contribution in [0.4, 0.5) is 13.2 Å². The number of alkyl halides is 3. The molecule has 10 heteroatoms. The van der Waals surface area contributed by atoms with Crippen molar-refractivity contribution in [3.05, 3.63) is 0 Å². The molecule has 6 nitrogen and oxygen atoms in total. The zero-order valence-electron chi connectivity index (χ0n) is 17.1. The lowest BCUT2D eigenvalue weighted by Gasteiger charge is -2.37. The van der Waals surface area contributed by atoms with E-state index in [1.165, 1.54) is 4.90 Å². The van der Waals surface area contributed by atoms with E-state index in [9.17, 15) is 13.2 Å². The Bertz CT molecular complexity index is 473. The number of nitrogens with zero attached hydrogens (tertiary/aromatic N) is 3. The van der Waals surface area contributed by atoms with Gasteiger partial charge in [0.2, 0.25) is 0 Å². The number of guanidine groups is 1. The highest BCUT2D eigenvalue weighted by Crippen LogP contribution is 2.22. The van der Waals surface area contributed by atoms with Gasteiger partial charge in [-0.1, -0.05) is 13.8 Å². The maximum atomic E-state index is 12.5. The summed E-state index contributed by atoms with van der Waals surface area (Å²) in [6, 6.07) is 0.390. The highest BCUT2D eigenvalue weighted by atomic mass is 127. The molecule has 166 valence electrons. The van der Waals surface area contributed by atoms with E-state index in [0.29, 0.717) is 37.6 Å². The second-order valence-electron chi connectivity index (χ2n) is 7.80. The first-order valence-corrected chi connectivity index (χ1v) is 9.84. The lowest BCUT2D eigenvalue weighted by molar-refractivity contribution is -0.143. The lowest BCUT2D eigenvalue weighted by atomic mass is 10.0. The number of rotatable bonds is 7. The molecule has 2 atom stereocenters. The van der Waals surface area contributed by atoms with Gasteiger partial charge in [0.05, 0.1) is 19.8 Å². The molecule has 0 saturated carbocycles. The number of hydrogen-bond donors (Lipinski definition) is 2. The van der Waals surface area contributed by atoms with Crippen molar-refractivity contribution in [3.8, 4) is 0 Å². The van der Waals surface area contributed by atoms with Crippen LogP contribution in [-0.4, -0.2) is 94.1 Å². The Labute approximate surface area is 183 Å². The van der Waals surface area contributed by atoms with Gasteiger partial charge in [-0.15, -0.1) is 24.0 Å². The number of ether oxygens (including phenoxy) is 1. The summed E-state index contributed by atoms with van der Waals surface area (Å²) in [5.41, 5.74) is 0. The summed E-state index contributed by atoms with van der Waals surface area (Å²) in [5.74, 6) is 1.42. The first-order valence-electron chi connectivity index (χ1n) is 9.84. The summed E-state index contributed by atoms with van der Waals surface area (Å²) >= 11 is 0. The van der Waals surface area contributed by atoms with Gasteiger partial charge >= 0.3 is 6.18 Å². The Balaban J connectivity index is 0.00000392. The van der Waals surface area contributed by atoms with Crippen LogP contribution < -0.4 is 10.6 Å². The molecule has 2 unspecified atom stereocenters. The monoisotopic (exact) mass is 521 g/mol. The molecule has 2 saturated heterocycles. The van der Waals surface area contributed by atoms with E-state index in [4.69, 9.17) is 4.74 Å². The normalized spacial score (nSPS) is 23.5. The molecule has 0 aromatic rings. The highest BCUT2D eigenvalue weighted by molar-refractivity contribution is 14.0. The topological polar surface area (TPSA) is 52.1 Å². The Morgan fingerprint density at radius 2 is 1.86 bits per heavy atom. The molecule has 0 radical (unpaired) electrons. The van der Waals surface area contributed by atoms with Crippen LogP contribution in [0.25, 0.3) is 0 Å². The van der Waals surface area contributed by atoms with Crippen LogP contribution in [0.3, 0.4) is 0 Å². The Morgan fingerprint density at radius 3 is 2.43 bits per heavy atom. The SMILES string of the molecule is CN=C(NCC1CCN(CC(F)(F)F)C1)NCC(C(C)C)N1CCOCC1.I. The van der Waals surface area contributed by atoms with Crippen molar-refractivity contribution in [2.75, 3.05) is 66.1 Å². The van der Waals surface area contributed by atoms with Gasteiger partial charge in [0.15, 0.2) is 5.96 Å². The lowest BCUT2D eigenvalue weighted by Crippen LogP contribution is -2.53. The number of likely N-dealkylation sites (tertiary alicyclic amines) is 1. The number of nitrogens with one attached hydrogen (secondary N) is 2. The average Bonchev–Trinajstić information content (AvgIpc) is 3.04. The van der Waals surface area contributed by atoms with Gasteiger partial charge in [-0.25, -0.2) is 0 Å². The predicted molar refractivity (Wildman–Crippen MR) is 116 cm³/mol. The van der Waals surface area contributed by atoms with Gasteiger partial charge in [0.25, 0.3) is 0 Å². The second kappa shape index (κ2) is 12.4. The Hall–Kier alpha value is -0.330. The molecule has 28 heavy (non-hydrogen) atoms. The minimum Gasteiger partial charge on any atom is -0.379 e. The van der Waals surface area contributed by atoms with Crippen molar-refractivity contribution >= 4 is 29.9 Å². The van der Waals surface area contributed by atoms with Crippen LogP contribution in [0, 0.1) is 11.8 Å². The molecule has 0 aromatic carbocycles. The molecule has 2 fully saturated rings. The maximum absolute atomic E-state index is 12.5. The first kappa shape index (κ1) is 25.7. The summed E-state index contributed by atoms with van der Waals surface area (Å²) in [7, 11) is 1.72. The van der Waals surface area contributed by atoms with Gasteiger partial charge in [0, 0.05) is 45.8 Å². The quantitative estimate of drug-likeness (QED) is 0.305. The minimum absolute atomic E-state index is 0. The highest BCUT2D eigenvalue weighted by Gasteiger charge is 2.34. The summed E-state index contributed by atoms with van der Waals surface area (Å²) in [4.78, 5) is 8.19. The fourth-order valence-electron chi connectivity index (χ4n) is 3.84. The largest absolute Gasteiger partial charge is 0.401 e. The standard InChI is InChI=1S/C18H34F3N5O.HI/c1-14(2)16(26-6-8-27-9-7-26)11-24-17(22-3)23-10-15-4-5-25(12-15)13-18(19,20)21;/h14-16H,4-13H2,1-3H3,(H2,22,23,24);1H. The van der Waals surface area contributed by atoms with Crippen molar-refractivity contribution < 1.29 is 17.9 Å².